The van der Waals surface area contributed by atoms with Crippen molar-refractivity contribution in [2.45, 2.75) is 46.2 Å². The lowest BCUT2D eigenvalue weighted by Gasteiger charge is -2.15. The second-order valence-corrected chi connectivity index (χ2v) is 6.37. The minimum Gasteiger partial charge on any atom is -0.328 e. The fraction of sp³-hybridized carbons (Fsp3) is 0.389. The summed E-state index contributed by atoms with van der Waals surface area (Å²) in [5, 5.41) is 16.9. The Morgan fingerprint density at radius 2 is 2.07 bits per heavy atom. The number of hydrogen-bond donors (Lipinski definition) is 3. The van der Waals surface area contributed by atoms with Crippen molar-refractivity contribution in [3.8, 4) is 0 Å². The van der Waals surface area contributed by atoms with Gasteiger partial charge in [0.25, 0.3) is 0 Å². The maximum atomic E-state index is 12.3. The third-order valence-electron chi connectivity index (χ3n) is 4.03. The zero-order valence-electron chi connectivity index (χ0n) is 15.7. The molecule has 1 aromatic carbocycles. The molecule has 0 aliphatic heterocycles. The SMILES string of the molecule is CCCn1ncnc1C(C)NC(=O)Nc1ccc(Cc2n[nH]c(C)n2)cc1. The van der Waals surface area contributed by atoms with Gasteiger partial charge in [-0.3, -0.25) is 5.10 Å². The Balaban J connectivity index is 1.55. The maximum Gasteiger partial charge on any atom is 0.319 e. The van der Waals surface area contributed by atoms with Crippen LogP contribution in [-0.2, 0) is 13.0 Å². The molecule has 142 valence electrons. The number of carbonyl (C=O) groups excluding carboxylic acids is 1. The van der Waals surface area contributed by atoms with Crippen LogP contribution in [0.25, 0.3) is 0 Å². The highest BCUT2D eigenvalue weighted by Gasteiger charge is 2.15. The van der Waals surface area contributed by atoms with Gasteiger partial charge in [0.2, 0.25) is 0 Å². The molecule has 0 spiro atoms. The summed E-state index contributed by atoms with van der Waals surface area (Å²) < 4.78 is 1.81. The number of nitrogens with zero attached hydrogens (tertiary/aromatic N) is 5. The van der Waals surface area contributed by atoms with Gasteiger partial charge in [-0.05, 0) is 38.0 Å². The average Bonchev–Trinajstić information content (AvgIpc) is 3.26. The molecule has 3 aromatic rings. The van der Waals surface area contributed by atoms with E-state index in [9.17, 15) is 4.79 Å². The van der Waals surface area contributed by atoms with E-state index in [1.54, 1.807) is 0 Å². The Hall–Kier alpha value is -3.23. The molecular formula is C18H24N8O. The molecule has 3 rings (SSSR count). The van der Waals surface area contributed by atoms with Gasteiger partial charge in [-0.1, -0.05) is 19.1 Å². The fourth-order valence-electron chi connectivity index (χ4n) is 2.78. The second-order valence-electron chi connectivity index (χ2n) is 6.37. The Bertz CT molecular complexity index is 883. The first-order chi connectivity index (χ1) is 13.0. The Kier molecular flexibility index (Phi) is 5.80. The summed E-state index contributed by atoms with van der Waals surface area (Å²) in [6.07, 6.45) is 3.10. The summed E-state index contributed by atoms with van der Waals surface area (Å²) in [7, 11) is 0. The van der Waals surface area contributed by atoms with E-state index >= 15 is 0 Å². The van der Waals surface area contributed by atoms with Gasteiger partial charge in [-0.2, -0.15) is 10.2 Å². The molecule has 2 amide bonds. The van der Waals surface area contributed by atoms with Crippen LogP contribution in [0.3, 0.4) is 0 Å². The molecule has 0 bridgehead atoms. The zero-order valence-corrected chi connectivity index (χ0v) is 15.7. The Labute approximate surface area is 157 Å². The van der Waals surface area contributed by atoms with Crippen molar-refractivity contribution in [3.05, 3.63) is 53.6 Å². The zero-order chi connectivity index (χ0) is 19.2. The molecule has 9 heteroatoms. The van der Waals surface area contributed by atoms with E-state index in [-0.39, 0.29) is 12.1 Å². The standard InChI is InChI=1S/C18H24N8O/c1-4-9-26-17(19-11-20-26)12(2)21-18(27)23-15-7-5-14(6-8-15)10-16-22-13(3)24-25-16/h5-8,11-12H,4,9-10H2,1-3H3,(H2,21,23,27)(H,22,24,25). The normalized spacial score (nSPS) is 12.0. The topological polar surface area (TPSA) is 113 Å². The van der Waals surface area contributed by atoms with E-state index in [1.807, 2.05) is 42.8 Å². The molecule has 0 saturated carbocycles. The number of aromatic amines is 1. The Morgan fingerprint density at radius 1 is 1.30 bits per heavy atom. The van der Waals surface area contributed by atoms with Crippen molar-refractivity contribution >= 4 is 11.7 Å². The predicted molar refractivity (Wildman–Crippen MR) is 101 cm³/mol. The monoisotopic (exact) mass is 368 g/mol. The Morgan fingerprint density at radius 3 is 2.74 bits per heavy atom. The summed E-state index contributed by atoms with van der Waals surface area (Å²) in [5.41, 5.74) is 1.78. The summed E-state index contributed by atoms with van der Waals surface area (Å²) in [5.74, 6) is 2.28. The third-order valence-corrected chi connectivity index (χ3v) is 4.03. The number of aromatic nitrogens is 6. The number of aryl methyl sites for hydroxylation is 2. The van der Waals surface area contributed by atoms with Crippen LogP contribution in [0.4, 0.5) is 10.5 Å². The predicted octanol–water partition coefficient (Wildman–Crippen LogP) is 2.59. The maximum absolute atomic E-state index is 12.3. The van der Waals surface area contributed by atoms with Crippen LogP contribution in [0.2, 0.25) is 0 Å². The second kappa shape index (κ2) is 8.43. The molecule has 2 aromatic heterocycles. The molecule has 0 fully saturated rings. The average molecular weight is 368 g/mol. The molecule has 0 aliphatic carbocycles. The van der Waals surface area contributed by atoms with Gasteiger partial charge in [0.15, 0.2) is 5.82 Å². The lowest BCUT2D eigenvalue weighted by molar-refractivity contribution is 0.248. The number of hydrogen-bond acceptors (Lipinski definition) is 5. The van der Waals surface area contributed by atoms with Crippen molar-refractivity contribution in [2.75, 3.05) is 5.32 Å². The minimum atomic E-state index is -0.286. The van der Waals surface area contributed by atoms with Crippen molar-refractivity contribution in [3.63, 3.8) is 0 Å². The van der Waals surface area contributed by atoms with Gasteiger partial charge in [0.05, 0.1) is 6.04 Å². The number of H-pyrrole nitrogens is 1. The van der Waals surface area contributed by atoms with Crippen molar-refractivity contribution in [2.24, 2.45) is 0 Å². The molecule has 0 saturated heterocycles. The highest BCUT2D eigenvalue weighted by Crippen LogP contribution is 2.13. The first-order valence-electron chi connectivity index (χ1n) is 8.97. The van der Waals surface area contributed by atoms with Crippen LogP contribution >= 0.6 is 0 Å². The van der Waals surface area contributed by atoms with Crippen molar-refractivity contribution < 1.29 is 4.79 Å². The lowest BCUT2D eigenvalue weighted by Crippen LogP contribution is -2.32. The summed E-state index contributed by atoms with van der Waals surface area (Å²) >= 11 is 0. The molecule has 2 heterocycles. The van der Waals surface area contributed by atoms with E-state index < -0.39 is 0 Å². The number of anilines is 1. The minimum absolute atomic E-state index is 0.243. The highest BCUT2D eigenvalue weighted by molar-refractivity contribution is 5.89. The molecular weight excluding hydrogens is 344 g/mol. The molecule has 0 radical (unpaired) electrons. The molecule has 1 atom stereocenters. The number of nitrogens with one attached hydrogen (secondary N) is 3. The lowest BCUT2D eigenvalue weighted by atomic mass is 10.1. The summed E-state index contributed by atoms with van der Waals surface area (Å²) in [6.45, 7) is 6.60. The molecule has 27 heavy (non-hydrogen) atoms. The molecule has 9 nitrogen and oxygen atoms in total. The molecule has 1 unspecified atom stereocenters. The van der Waals surface area contributed by atoms with E-state index in [1.165, 1.54) is 6.33 Å². The largest absolute Gasteiger partial charge is 0.328 e. The number of benzene rings is 1. The number of amides is 2. The fourth-order valence-corrected chi connectivity index (χ4v) is 2.78. The molecule has 0 aliphatic rings. The summed E-state index contributed by atoms with van der Waals surface area (Å²) in [6, 6.07) is 7.08. The van der Waals surface area contributed by atoms with E-state index in [0.29, 0.717) is 12.1 Å². The van der Waals surface area contributed by atoms with Crippen molar-refractivity contribution in [1.29, 1.82) is 0 Å². The van der Waals surface area contributed by atoms with Crippen LogP contribution in [0.15, 0.2) is 30.6 Å². The quantitative estimate of drug-likeness (QED) is 0.593. The van der Waals surface area contributed by atoms with E-state index in [2.05, 4.69) is 42.8 Å². The third kappa shape index (κ3) is 4.90. The van der Waals surface area contributed by atoms with Gasteiger partial charge >= 0.3 is 6.03 Å². The van der Waals surface area contributed by atoms with Crippen LogP contribution in [0.5, 0.6) is 0 Å². The van der Waals surface area contributed by atoms with Gasteiger partial charge in [-0.15, -0.1) is 0 Å². The van der Waals surface area contributed by atoms with Gasteiger partial charge in [-0.25, -0.2) is 19.4 Å². The van der Waals surface area contributed by atoms with E-state index in [4.69, 9.17) is 0 Å². The van der Waals surface area contributed by atoms with Crippen LogP contribution < -0.4 is 10.6 Å². The van der Waals surface area contributed by atoms with Gasteiger partial charge in [0.1, 0.15) is 18.0 Å². The number of rotatable bonds is 7. The van der Waals surface area contributed by atoms with Gasteiger partial charge in [0, 0.05) is 18.7 Å². The van der Waals surface area contributed by atoms with E-state index in [0.717, 1.165) is 36.0 Å². The van der Waals surface area contributed by atoms with Crippen LogP contribution in [0.1, 0.15) is 49.3 Å². The van der Waals surface area contributed by atoms with Crippen LogP contribution in [0, 0.1) is 6.92 Å². The number of urea groups is 1. The first kappa shape index (κ1) is 18.6. The highest BCUT2D eigenvalue weighted by atomic mass is 16.2. The molecule has 3 N–H and O–H groups in total. The number of carbonyl (C=O) groups is 1. The summed E-state index contributed by atoms with van der Waals surface area (Å²) in [4.78, 5) is 20.8. The smallest absolute Gasteiger partial charge is 0.319 e. The van der Waals surface area contributed by atoms with Gasteiger partial charge < -0.3 is 10.6 Å². The van der Waals surface area contributed by atoms with Crippen LogP contribution in [-0.4, -0.2) is 36.0 Å². The first-order valence-corrected chi connectivity index (χ1v) is 8.97. The van der Waals surface area contributed by atoms with Crippen molar-refractivity contribution in [1.82, 2.24) is 35.3 Å².